The average Bonchev–Trinajstić information content (AvgIpc) is 3.18. The molecule has 1 unspecified atom stereocenters. The third kappa shape index (κ3) is 5.62. The van der Waals surface area contributed by atoms with Gasteiger partial charge in [-0.3, -0.25) is 0 Å². The molecule has 232 valence electrons. The fourth-order valence-corrected chi connectivity index (χ4v) is 7.47. The summed E-state index contributed by atoms with van der Waals surface area (Å²) < 4.78 is 0. The van der Waals surface area contributed by atoms with Gasteiger partial charge in [0.1, 0.15) is 6.33 Å². The van der Waals surface area contributed by atoms with E-state index in [0.29, 0.717) is 0 Å². The number of benzene rings is 7. The number of nitrogens with zero attached hydrogens (tertiary/aromatic N) is 2. The molecule has 2 heteroatoms. The lowest BCUT2D eigenvalue weighted by atomic mass is 9.85. The van der Waals surface area contributed by atoms with Gasteiger partial charge in [-0.2, -0.15) is 0 Å². The Morgan fingerprint density at radius 3 is 1.82 bits per heavy atom. The van der Waals surface area contributed by atoms with E-state index >= 15 is 0 Å². The first-order chi connectivity index (χ1) is 24.3. The van der Waals surface area contributed by atoms with Crippen LogP contribution < -0.4 is 0 Å². The molecule has 0 fully saturated rings. The lowest BCUT2D eigenvalue weighted by molar-refractivity contribution is 0.857. The maximum Gasteiger partial charge on any atom is 0.116 e. The van der Waals surface area contributed by atoms with E-state index in [1.54, 1.807) is 6.33 Å². The molecule has 9 rings (SSSR count). The molecule has 1 aromatic heterocycles. The van der Waals surface area contributed by atoms with Crippen molar-refractivity contribution in [2.24, 2.45) is 0 Å². The zero-order valence-corrected chi connectivity index (χ0v) is 27.1. The average molecular weight is 627 g/mol. The number of allylic oxidation sites excluding steroid dienone is 4. The van der Waals surface area contributed by atoms with Gasteiger partial charge in [-0.25, -0.2) is 9.97 Å². The molecule has 0 bridgehead atoms. The lowest BCUT2D eigenvalue weighted by Gasteiger charge is -2.19. The molecule has 1 aliphatic carbocycles. The molecular formula is C47H34N2. The van der Waals surface area contributed by atoms with Crippen molar-refractivity contribution in [3.63, 3.8) is 0 Å². The zero-order valence-electron chi connectivity index (χ0n) is 27.1. The van der Waals surface area contributed by atoms with Crippen molar-refractivity contribution in [3.05, 3.63) is 198 Å². The Morgan fingerprint density at radius 2 is 1.08 bits per heavy atom. The quantitative estimate of drug-likeness (QED) is 0.172. The molecule has 0 spiro atoms. The number of hydrogen-bond acceptors (Lipinski definition) is 2. The van der Waals surface area contributed by atoms with Gasteiger partial charge >= 0.3 is 0 Å². The Hall–Kier alpha value is -6.12. The lowest BCUT2D eigenvalue weighted by Crippen LogP contribution is -2.00. The highest BCUT2D eigenvalue weighted by atomic mass is 14.8. The van der Waals surface area contributed by atoms with E-state index in [0.717, 1.165) is 35.4 Å². The fraction of sp³-hybridized carbons (Fsp3) is 0.0638. The summed E-state index contributed by atoms with van der Waals surface area (Å²) in [5.41, 5.74) is 10.5. The van der Waals surface area contributed by atoms with Crippen molar-refractivity contribution in [2.45, 2.75) is 18.8 Å². The minimum atomic E-state index is 0.278. The summed E-state index contributed by atoms with van der Waals surface area (Å²) >= 11 is 0. The molecule has 1 heterocycles. The molecule has 1 atom stereocenters. The van der Waals surface area contributed by atoms with E-state index in [9.17, 15) is 0 Å². The van der Waals surface area contributed by atoms with E-state index in [4.69, 9.17) is 4.98 Å². The zero-order chi connectivity index (χ0) is 32.6. The van der Waals surface area contributed by atoms with Gasteiger partial charge in [-0.05, 0) is 97.3 Å². The molecule has 2 nitrogen and oxygen atoms in total. The van der Waals surface area contributed by atoms with Gasteiger partial charge in [0.2, 0.25) is 0 Å². The largest absolute Gasteiger partial charge is 0.236 e. The standard InChI is InChI=1S/C47H34N2/c1-2-11-32(12-3-1)25-33-13-8-17-38(26-33)46-30-47(49-31-48-46)39-18-10-16-36(28-39)34-14-9-15-35(27-34)37-23-24-44-42-21-5-4-19-40(42)41-20-6-7-22-43(41)45(44)29-37/h1-13,15-24,26-31,34H,14,25H2. The number of hydrogen-bond donors (Lipinski definition) is 0. The Labute approximate surface area is 286 Å². The Balaban J connectivity index is 1.03. The summed E-state index contributed by atoms with van der Waals surface area (Å²) in [7, 11) is 0. The van der Waals surface area contributed by atoms with Gasteiger partial charge in [0.25, 0.3) is 0 Å². The predicted octanol–water partition coefficient (Wildman–Crippen LogP) is 12.0. The molecule has 0 saturated carbocycles. The minimum absolute atomic E-state index is 0.278. The van der Waals surface area contributed by atoms with Crippen LogP contribution in [0.25, 0.3) is 60.4 Å². The highest BCUT2D eigenvalue weighted by Crippen LogP contribution is 2.38. The van der Waals surface area contributed by atoms with Crippen LogP contribution in [0, 0.1) is 0 Å². The number of fused-ring (bicyclic) bond motifs is 6. The van der Waals surface area contributed by atoms with Gasteiger partial charge in [-0.15, -0.1) is 0 Å². The van der Waals surface area contributed by atoms with E-state index in [1.165, 1.54) is 60.1 Å². The predicted molar refractivity (Wildman–Crippen MR) is 206 cm³/mol. The van der Waals surface area contributed by atoms with Crippen molar-refractivity contribution in [2.75, 3.05) is 0 Å². The van der Waals surface area contributed by atoms with Gasteiger partial charge in [0, 0.05) is 17.0 Å². The van der Waals surface area contributed by atoms with Crippen LogP contribution in [-0.4, -0.2) is 9.97 Å². The summed E-state index contributed by atoms with van der Waals surface area (Å²) in [5.74, 6) is 0.278. The first-order valence-electron chi connectivity index (χ1n) is 17.0. The van der Waals surface area contributed by atoms with Crippen LogP contribution in [0.5, 0.6) is 0 Å². The number of aromatic nitrogens is 2. The minimum Gasteiger partial charge on any atom is -0.236 e. The molecule has 0 amide bonds. The summed E-state index contributed by atoms with van der Waals surface area (Å²) in [5, 5.41) is 7.82. The SMILES string of the molecule is C1=CC(c2ccc3c4ccccc4c4ccccc4c3c2)=CC(c2cccc(-c3cc(-c4cccc(Cc5ccccc5)c4)ncn3)c2)C1. The molecule has 1 aliphatic rings. The van der Waals surface area contributed by atoms with E-state index in [-0.39, 0.29) is 5.92 Å². The van der Waals surface area contributed by atoms with Crippen LogP contribution in [0.15, 0.2) is 176 Å². The Morgan fingerprint density at radius 1 is 0.469 bits per heavy atom. The number of rotatable bonds is 6. The van der Waals surface area contributed by atoms with Crippen LogP contribution in [0.4, 0.5) is 0 Å². The summed E-state index contributed by atoms with van der Waals surface area (Å²) in [6, 6.07) is 54.8. The molecular weight excluding hydrogens is 593 g/mol. The van der Waals surface area contributed by atoms with Gasteiger partial charge in [-0.1, -0.05) is 146 Å². The highest BCUT2D eigenvalue weighted by molar-refractivity contribution is 6.25. The molecule has 7 aromatic carbocycles. The van der Waals surface area contributed by atoms with E-state index < -0.39 is 0 Å². The van der Waals surface area contributed by atoms with Gasteiger partial charge < -0.3 is 0 Å². The first-order valence-corrected chi connectivity index (χ1v) is 17.0. The van der Waals surface area contributed by atoms with Crippen molar-refractivity contribution >= 4 is 37.9 Å². The Bertz CT molecular complexity index is 2520. The maximum atomic E-state index is 4.71. The second-order valence-electron chi connectivity index (χ2n) is 13.0. The second kappa shape index (κ2) is 12.5. The smallest absolute Gasteiger partial charge is 0.116 e. The molecule has 49 heavy (non-hydrogen) atoms. The normalized spacial score (nSPS) is 14.4. The topological polar surface area (TPSA) is 25.8 Å². The third-order valence-corrected chi connectivity index (χ3v) is 9.90. The van der Waals surface area contributed by atoms with Gasteiger partial charge in [0.05, 0.1) is 11.4 Å². The van der Waals surface area contributed by atoms with Crippen molar-refractivity contribution in [1.29, 1.82) is 0 Å². The van der Waals surface area contributed by atoms with Crippen LogP contribution in [-0.2, 0) is 6.42 Å². The highest BCUT2D eigenvalue weighted by Gasteiger charge is 2.16. The maximum absolute atomic E-state index is 4.71. The van der Waals surface area contributed by atoms with Crippen LogP contribution in [0.3, 0.4) is 0 Å². The second-order valence-corrected chi connectivity index (χ2v) is 13.0. The van der Waals surface area contributed by atoms with E-state index in [2.05, 4.69) is 175 Å². The van der Waals surface area contributed by atoms with Crippen LogP contribution >= 0.6 is 0 Å². The first kappa shape index (κ1) is 29.1. The Kier molecular flexibility index (Phi) is 7.40. The van der Waals surface area contributed by atoms with Crippen LogP contribution in [0.2, 0.25) is 0 Å². The monoisotopic (exact) mass is 626 g/mol. The molecule has 8 aromatic rings. The van der Waals surface area contributed by atoms with Gasteiger partial charge in [0.15, 0.2) is 0 Å². The summed E-state index contributed by atoms with van der Waals surface area (Å²) in [6.07, 6.45) is 10.6. The molecule has 0 saturated heterocycles. The summed E-state index contributed by atoms with van der Waals surface area (Å²) in [4.78, 5) is 9.38. The van der Waals surface area contributed by atoms with E-state index in [1.807, 2.05) is 0 Å². The van der Waals surface area contributed by atoms with Crippen molar-refractivity contribution < 1.29 is 0 Å². The molecule has 0 aliphatic heterocycles. The third-order valence-electron chi connectivity index (χ3n) is 9.90. The summed E-state index contributed by atoms with van der Waals surface area (Å²) in [6.45, 7) is 0. The molecule has 0 radical (unpaired) electrons. The van der Waals surface area contributed by atoms with Crippen molar-refractivity contribution in [3.8, 4) is 22.5 Å². The fourth-order valence-electron chi connectivity index (χ4n) is 7.47. The molecule has 0 N–H and O–H groups in total. The van der Waals surface area contributed by atoms with Crippen LogP contribution in [0.1, 0.15) is 34.6 Å². The van der Waals surface area contributed by atoms with Crippen molar-refractivity contribution in [1.82, 2.24) is 9.97 Å².